The molecule has 1 aromatic carbocycles. The second kappa shape index (κ2) is 6.72. The van der Waals surface area contributed by atoms with Gasteiger partial charge in [-0.05, 0) is 37.1 Å². The Morgan fingerprint density at radius 1 is 1.42 bits per heavy atom. The van der Waals surface area contributed by atoms with Crippen molar-refractivity contribution in [1.29, 1.82) is 0 Å². The molecule has 0 aromatic heterocycles. The Bertz CT molecular complexity index is 477. The van der Waals surface area contributed by atoms with E-state index in [1.807, 2.05) is 0 Å². The predicted molar refractivity (Wildman–Crippen MR) is 69.6 cm³/mol. The third kappa shape index (κ3) is 4.57. The van der Waals surface area contributed by atoms with E-state index in [9.17, 15) is 14.0 Å². The summed E-state index contributed by atoms with van der Waals surface area (Å²) in [4.78, 5) is 22.3. The maximum absolute atomic E-state index is 13.0. The molecule has 0 saturated heterocycles. The van der Waals surface area contributed by atoms with Gasteiger partial charge in [0.25, 0.3) is 0 Å². The smallest absolute Gasteiger partial charge is 0.319 e. The number of urea groups is 1. The quantitative estimate of drug-likeness (QED) is 0.767. The monoisotopic (exact) mass is 268 g/mol. The molecule has 6 heteroatoms. The lowest BCUT2D eigenvalue weighted by Gasteiger charge is -2.12. The fourth-order valence-corrected chi connectivity index (χ4v) is 1.52. The van der Waals surface area contributed by atoms with E-state index in [2.05, 4.69) is 10.6 Å². The zero-order valence-corrected chi connectivity index (χ0v) is 10.9. The van der Waals surface area contributed by atoms with Crippen LogP contribution in [0.3, 0.4) is 0 Å². The number of carboxylic acids is 1. The van der Waals surface area contributed by atoms with E-state index in [1.54, 1.807) is 13.8 Å². The third-order valence-corrected chi connectivity index (χ3v) is 2.77. The van der Waals surface area contributed by atoms with E-state index in [0.29, 0.717) is 17.7 Å². The van der Waals surface area contributed by atoms with Crippen molar-refractivity contribution >= 4 is 17.7 Å². The minimum absolute atomic E-state index is 0.0534. The van der Waals surface area contributed by atoms with Crippen LogP contribution in [-0.4, -0.2) is 23.7 Å². The normalized spacial score (nSPS) is 11.7. The first-order valence-electron chi connectivity index (χ1n) is 5.97. The van der Waals surface area contributed by atoms with Crippen molar-refractivity contribution < 1.29 is 19.1 Å². The van der Waals surface area contributed by atoms with E-state index < -0.39 is 17.9 Å². The molecule has 0 fully saturated rings. The summed E-state index contributed by atoms with van der Waals surface area (Å²) in [5, 5.41) is 13.8. The number of benzene rings is 1. The first-order valence-corrected chi connectivity index (χ1v) is 5.97. The van der Waals surface area contributed by atoms with Crippen LogP contribution in [0.25, 0.3) is 0 Å². The molecule has 0 heterocycles. The molecule has 0 aliphatic rings. The van der Waals surface area contributed by atoms with Crippen LogP contribution in [0.4, 0.5) is 14.9 Å². The van der Waals surface area contributed by atoms with Crippen molar-refractivity contribution in [2.75, 3.05) is 11.9 Å². The van der Waals surface area contributed by atoms with Crippen molar-refractivity contribution in [3.05, 3.63) is 29.6 Å². The summed E-state index contributed by atoms with van der Waals surface area (Å²) in [7, 11) is 0. The molecule has 0 aliphatic carbocycles. The van der Waals surface area contributed by atoms with Crippen molar-refractivity contribution in [3.63, 3.8) is 0 Å². The number of halogens is 1. The number of aliphatic carboxylic acids is 1. The Hall–Kier alpha value is -2.11. The van der Waals surface area contributed by atoms with Crippen LogP contribution in [0, 0.1) is 18.7 Å². The Morgan fingerprint density at radius 3 is 2.63 bits per heavy atom. The lowest BCUT2D eigenvalue weighted by atomic mass is 10.1. The van der Waals surface area contributed by atoms with Gasteiger partial charge in [-0.15, -0.1) is 0 Å². The maximum Gasteiger partial charge on any atom is 0.319 e. The minimum Gasteiger partial charge on any atom is -0.481 e. The zero-order valence-electron chi connectivity index (χ0n) is 10.9. The summed E-state index contributed by atoms with van der Waals surface area (Å²) in [5.41, 5.74) is 0.884. The Labute approximate surface area is 110 Å². The number of carbonyl (C=O) groups excluding carboxylic acids is 1. The molecule has 0 radical (unpaired) electrons. The highest BCUT2D eigenvalue weighted by atomic mass is 19.1. The highest BCUT2D eigenvalue weighted by molar-refractivity contribution is 5.89. The maximum atomic E-state index is 13.0. The van der Waals surface area contributed by atoms with Gasteiger partial charge in [-0.2, -0.15) is 0 Å². The van der Waals surface area contributed by atoms with E-state index in [0.717, 1.165) is 0 Å². The summed E-state index contributed by atoms with van der Waals surface area (Å²) in [5.74, 6) is -1.90. The second-order valence-electron chi connectivity index (χ2n) is 4.24. The zero-order chi connectivity index (χ0) is 14.4. The number of hydrogen-bond donors (Lipinski definition) is 3. The average Bonchev–Trinajstić information content (AvgIpc) is 2.34. The number of nitrogens with one attached hydrogen (secondary N) is 2. The Kier molecular flexibility index (Phi) is 5.29. The molecule has 2 amide bonds. The summed E-state index contributed by atoms with van der Waals surface area (Å²) in [6, 6.07) is 3.70. The van der Waals surface area contributed by atoms with Gasteiger partial charge in [-0.3, -0.25) is 4.79 Å². The minimum atomic E-state index is -0.944. The average molecular weight is 268 g/mol. The molecule has 0 saturated carbocycles. The molecule has 104 valence electrons. The lowest BCUT2D eigenvalue weighted by Crippen LogP contribution is -2.35. The first-order chi connectivity index (χ1) is 8.93. The van der Waals surface area contributed by atoms with Crippen molar-refractivity contribution in [2.45, 2.75) is 20.3 Å². The van der Waals surface area contributed by atoms with E-state index in [-0.39, 0.29) is 12.4 Å². The van der Waals surface area contributed by atoms with Gasteiger partial charge in [0, 0.05) is 12.2 Å². The molecule has 0 aliphatic heterocycles. The topological polar surface area (TPSA) is 78.4 Å². The summed E-state index contributed by atoms with van der Waals surface area (Å²) >= 11 is 0. The second-order valence-corrected chi connectivity index (χ2v) is 4.24. The molecule has 5 nitrogen and oxygen atoms in total. The molecule has 1 rings (SSSR count). The molecule has 19 heavy (non-hydrogen) atoms. The van der Waals surface area contributed by atoms with Crippen LogP contribution >= 0.6 is 0 Å². The van der Waals surface area contributed by atoms with Gasteiger partial charge in [0.05, 0.1) is 5.92 Å². The van der Waals surface area contributed by atoms with E-state index >= 15 is 0 Å². The highest BCUT2D eigenvalue weighted by Crippen LogP contribution is 2.13. The van der Waals surface area contributed by atoms with Gasteiger partial charge < -0.3 is 15.7 Å². The molecule has 0 spiro atoms. The van der Waals surface area contributed by atoms with E-state index in [1.165, 1.54) is 18.2 Å². The van der Waals surface area contributed by atoms with Gasteiger partial charge >= 0.3 is 12.0 Å². The fraction of sp³-hybridized carbons (Fsp3) is 0.385. The number of hydrogen-bond acceptors (Lipinski definition) is 2. The van der Waals surface area contributed by atoms with Crippen molar-refractivity contribution in [2.24, 2.45) is 5.92 Å². The third-order valence-electron chi connectivity index (χ3n) is 2.77. The van der Waals surface area contributed by atoms with Crippen LogP contribution in [-0.2, 0) is 4.79 Å². The molecular formula is C13H17FN2O3. The van der Waals surface area contributed by atoms with Crippen LogP contribution in [0.2, 0.25) is 0 Å². The van der Waals surface area contributed by atoms with Gasteiger partial charge in [-0.1, -0.05) is 6.92 Å². The number of aryl methyl sites for hydroxylation is 1. The standard InChI is InChI=1S/C13H17FN2O3/c1-3-9(12(17)18)7-15-13(19)16-10-4-5-11(14)8(2)6-10/h4-6,9H,3,7H2,1-2H3,(H,17,18)(H2,15,16,19). The largest absolute Gasteiger partial charge is 0.481 e. The number of rotatable bonds is 5. The number of amides is 2. The van der Waals surface area contributed by atoms with Gasteiger partial charge in [-0.25, -0.2) is 9.18 Å². The van der Waals surface area contributed by atoms with E-state index in [4.69, 9.17) is 5.11 Å². The van der Waals surface area contributed by atoms with Crippen LogP contribution in [0.1, 0.15) is 18.9 Å². The predicted octanol–water partition coefficient (Wildman–Crippen LogP) is 2.37. The first kappa shape index (κ1) is 14.9. The lowest BCUT2D eigenvalue weighted by molar-refractivity contribution is -0.141. The SMILES string of the molecule is CCC(CNC(=O)Nc1ccc(F)c(C)c1)C(=O)O. The molecule has 1 unspecified atom stereocenters. The summed E-state index contributed by atoms with van der Waals surface area (Å²) in [6.07, 6.45) is 0.436. The van der Waals surface area contributed by atoms with Gasteiger partial charge in [0.15, 0.2) is 0 Å². The molecule has 1 aromatic rings. The molecule has 0 bridgehead atoms. The molecular weight excluding hydrogens is 251 g/mol. The van der Waals surface area contributed by atoms with Gasteiger partial charge in [0.2, 0.25) is 0 Å². The van der Waals surface area contributed by atoms with Crippen molar-refractivity contribution in [3.8, 4) is 0 Å². The Morgan fingerprint density at radius 2 is 2.11 bits per heavy atom. The Balaban J connectivity index is 2.51. The van der Waals surface area contributed by atoms with Crippen LogP contribution in [0.15, 0.2) is 18.2 Å². The number of carboxylic acid groups (broad SMARTS) is 1. The van der Waals surface area contributed by atoms with Crippen molar-refractivity contribution in [1.82, 2.24) is 5.32 Å². The summed E-state index contributed by atoms with van der Waals surface area (Å²) < 4.78 is 13.0. The number of carbonyl (C=O) groups is 2. The van der Waals surface area contributed by atoms with Crippen LogP contribution < -0.4 is 10.6 Å². The highest BCUT2D eigenvalue weighted by Gasteiger charge is 2.15. The van der Waals surface area contributed by atoms with Crippen LogP contribution in [0.5, 0.6) is 0 Å². The molecule has 1 atom stereocenters. The summed E-state index contributed by atoms with van der Waals surface area (Å²) in [6.45, 7) is 3.38. The van der Waals surface area contributed by atoms with Gasteiger partial charge in [0.1, 0.15) is 5.82 Å². The number of anilines is 1. The fourth-order valence-electron chi connectivity index (χ4n) is 1.52. The molecule has 3 N–H and O–H groups in total.